The van der Waals surface area contributed by atoms with E-state index in [9.17, 15) is 24.3 Å². The van der Waals surface area contributed by atoms with E-state index < -0.39 is 41.5 Å². The standard InChI is InChI=1S/C29H38N4O6/c1-17-10-6-8-12-20(17)31-26(36)25(19-11-7-9-13-23(19)34)33(22-16-18(22)2)27(37)21(14-15-24(30)35)32-28(38)39-29(3,4)5/h6-13,18,21-22,25,34H,14-16H2,1-5H3,(H2,30,35)(H,31,36)(H,32,38). The van der Waals surface area contributed by atoms with Gasteiger partial charge in [-0.25, -0.2) is 4.79 Å². The van der Waals surface area contributed by atoms with Crippen LogP contribution in [-0.2, 0) is 19.1 Å². The number of nitrogens with one attached hydrogen (secondary N) is 2. The van der Waals surface area contributed by atoms with Crippen LogP contribution in [0, 0.1) is 12.8 Å². The molecule has 39 heavy (non-hydrogen) atoms. The fraction of sp³-hybridized carbons (Fsp3) is 0.448. The number of phenolic OH excluding ortho intramolecular Hbond substituents is 1. The molecule has 0 bridgehead atoms. The molecule has 2 aromatic carbocycles. The van der Waals surface area contributed by atoms with Crippen molar-refractivity contribution < 1.29 is 29.0 Å². The number of para-hydroxylation sites is 2. The van der Waals surface area contributed by atoms with Crippen LogP contribution < -0.4 is 16.4 Å². The van der Waals surface area contributed by atoms with Crippen LogP contribution in [0.15, 0.2) is 48.5 Å². The van der Waals surface area contributed by atoms with E-state index in [1.165, 1.54) is 11.0 Å². The zero-order valence-electron chi connectivity index (χ0n) is 23.1. The van der Waals surface area contributed by atoms with Crippen LogP contribution >= 0.6 is 0 Å². The number of alkyl carbamates (subject to hydrolysis) is 1. The number of amides is 4. The molecule has 4 atom stereocenters. The molecule has 2 aromatic rings. The van der Waals surface area contributed by atoms with Crippen LogP contribution in [0.2, 0.25) is 0 Å². The van der Waals surface area contributed by atoms with Gasteiger partial charge in [0.25, 0.3) is 5.91 Å². The Bertz CT molecular complexity index is 1220. The fourth-order valence-electron chi connectivity index (χ4n) is 4.40. The molecule has 1 fully saturated rings. The van der Waals surface area contributed by atoms with Crippen LogP contribution in [-0.4, -0.2) is 51.5 Å². The SMILES string of the molecule is Cc1ccccc1NC(=O)C(c1ccccc1O)N(C(=O)C(CCC(N)=O)NC(=O)OC(C)(C)C)C1CC1C. The molecular weight excluding hydrogens is 500 g/mol. The van der Waals surface area contributed by atoms with Crippen LogP contribution in [0.25, 0.3) is 0 Å². The van der Waals surface area contributed by atoms with E-state index in [0.717, 1.165) is 5.56 Å². The maximum absolute atomic E-state index is 14.2. The normalized spacial score (nSPS) is 17.9. The molecule has 0 saturated heterocycles. The highest BCUT2D eigenvalue weighted by Crippen LogP contribution is 2.42. The van der Waals surface area contributed by atoms with Gasteiger partial charge in [0.15, 0.2) is 0 Å². The number of carbonyl (C=O) groups is 4. The minimum Gasteiger partial charge on any atom is -0.508 e. The first-order valence-electron chi connectivity index (χ1n) is 13.0. The molecule has 0 heterocycles. The van der Waals surface area contributed by atoms with Gasteiger partial charge in [0, 0.05) is 23.7 Å². The molecule has 4 unspecified atom stereocenters. The molecule has 0 aliphatic heterocycles. The van der Waals surface area contributed by atoms with Gasteiger partial charge in [0.2, 0.25) is 11.8 Å². The van der Waals surface area contributed by atoms with Gasteiger partial charge in [0.1, 0.15) is 23.4 Å². The summed E-state index contributed by atoms with van der Waals surface area (Å²) in [7, 11) is 0. The summed E-state index contributed by atoms with van der Waals surface area (Å²) in [6, 6.07) is 10.8. The van der Waals surface area contributed by atoms with Gasteiger partial charge >= 0.3 is 6.09 Å². The Morgan fingerprint density at radius 1 is 1.10 bits per heavy atom. The number of benzene rings is 2. The minimum absolute atomic E-state index is 0.0758. The maximum atomic E-state index is 14.2. The number of hydrogen-bond acceptors (Lipinski definition) is 6. The van der Waals surface area contributed by atoms with Gasteiger partial charge in [-0.05, 0) is 64.2 Å². The summed E-state index contributed by atoms with van der Waals surface area (Å²) in [5.41, 5.74) is 6.16. The van der Waals surface area contributed by atoms with Gasteiger partial charge in [-0.1, -0.05) is 43.3 Å². The fourth-order valence-corrected chi connectivity index (χ4v) is 4.40. The number of phenols is 1. The highest BCUT2D eigenvalue weighted by Gasteiger charge is 2.48. The van der Waals surface area contributed by atoms with Gasteiger partial charge in [-0.2, -0.15) is 0 Å². The van der Waals surface area contributed by atoms with Crippen LogP contribution in [0.3, 0.4) is 0 Å². The lowest BCUT2D eigenvalue weighted by atomic mass is 9.99. The Balaban J connectivity index is 2.04. The highest BCUT2D eigenvalue weighted by molar-refractivity contribution is 6.00. The monoisotopic (exact) mass is 538 g/mol. The molecular formula is C29H38N4O6. The van der Waals surface area contributed by atoms with Crippen LogP contribution in [0.4, 0.5) is 10.5 Å². The molecule has 10 nitrogen and oxygen atoms in total. The molecule has 0 aromatic heterocycles. The molecule has 1 aliphatic carbocycles. The number of aryl methyl sites for hydroxylation is 1. The molecule has 0 spiro atoms. The van der Waals surface area contributed by atoms with E-state index >= 15 is 0 Å². The van der Waals surface area contributed by atoms with Crippen molar-refractivity contribution >= 4 is 29.5 Å². The summed E-state index contributed by atoms with van der Waals surface area (Å²) in [4.78, 5) is 53.8. The number of nitrogens with two attached hydrogens (primary N) is 1. The lowest BCUT2D eigenvalue weighted by Crippen LogP contribution is -2.53. The predicted octanol–water partition coefficient (Wildman–Crippen LogP) is 3.78. The highest BCUT2D eigenvalue weighted by atomic mass is 16.6. The minimum atomic E-state index is -1.22. The Kier molecular flexibility index (Phi) is 9.21. The smallest absolute Gasteiger partial charge is 0.408 e. The maximum Gasteiger partial charge on any atom is 0.408 e. The van der Waals surface area contributed by atoms with E-state index in [4.69, 9.17) is 10.5 Å². The molecule has 1 aliphatic rings. The van der Waals surface area contributed by atoms with Crippen molar-refractivity contribution in [1.82, 2.24) is 10.2 Å². The first-order valence-corrected chi connectivity index (χ1v) is 13.0. The number of rotatable bonds is 10. The second-order valence-corrected chi connectivity index (χ2v) is 11.0. The van der Waals surface area contributed by atoms with Crippen LogP contribution in [0.1, 0.15) is 64.1 Å². The molecule has 3 rings (SSSR count). The number of ether oxygens (including phenoxy) is 1. The van der Waals surface area contributed by atoms with E-state index in [1.54, 1.807) is 51.1 Å². The number of hydrogen-bond donors (Lipinski definition) is 4. The molecule has 1 saturated carbocycles. The lowest BCUT2D eigenvalue weighted by molar-refractivity contribution is -0.142. The number of anilines is 1. The quantitative estimate of drug-likeness (QED) is 0.361. The first kappa shape index (κ1) is 29.5. The molecule has 210 valence electrons. The average molecular weight is 539 g/mol. The molecule has 10 heteroatoms. The summed E-state index contributed by atoms with van der Waals surface area (Å²) in [5.74, 6) is -1.82. The van der Waals surface area contributed by atoms with E-state index in [1.807, 2.05) is 26.0 Å². The van der Waals surface area contributed by atoms with Crippen molar-refractivity contribution in [1.29, 1.82) is 0 Å². The Morgan fingerprint density at radius 3 is 2.28 bits per heavy atom. The number of nitrogens with zero attached hydrogens (tertiary/aromatic N) is 1. The molecule has 0 radical (unpaired) electrons. The first-order chi connectivity index (χ1) is 18.3. The third-order valence-electron chi connectivity index (χ3n) is 6.51. The van der Waals surface area contributed by atoms with E-state index in [-0.39, 0.29) is 36.1 Å². The summed E-state index contributed by atoms with van der Waals surface area (Å²) >= 11 is 0. The second-order valence-electron chi connectivity index (χ2n) is 11.0. The molecule has 4 amide bonds. The second kappa shape index (κ2) is 12.2. The predicted molar refractivity (Wildman–Crippen MR) is 147 cm³/mol. The van der Waals surface area contributed by atoms with Crippen molar-refractivity contribution in [3.8, 4) is 5.75 Å². The number of primary amides is 1. The van der Waals surface area contributed by atoms with E-state index in [0.29, 0.717) is 12.1 Å². The zero-order chi connectivity index (χ0) is 28.9. The summed E-state index contributed by atoms with van der Waals surface area (Å²) in [5, 5.41) is 16.2. The largest absolute Gasteiger partial charge is 0.508 e. The van der Waals surface area contributed by atoms with E-state index in [2.05, 4.69) is 10.6 Å². The summed E-state index contributed by atoms with van der Waals surface area (Å²) in [6.45, 7) is 8.87. The van der Waals surface area contributed by atoms with Crippen molar-refractivity contribution in [2.75, 3.05) is 5.32 Å². The Hall–Kier alpha value is -4.08. The van der Waals surface area contributed by atoms with Crippen molar-refractivity contribution in [2.24, 2.45) is 11.7 Å². The van der Waals surface area contributed by atoms with Crippen molar-refractivity contribution in [3.05, 3.63) is 59.7 Å². The van der Waals surface area contributed by atoms with Crippen molar-refractivity contribution in [3.63, 3.8) is 0 Å². The Morgan fingerprint density at radius 2 is 1.72 bits per heavy atom. The van der Waals surface area contributed by atoms with Gasteiger partial charge in [-0.3, -0.25) is 14.4 Å². The topological polar surface area (TPSA) is 151 Å². The average Bonchev–Trinajstić information content (AvgIpc) is 3.56. The lowest BCUT2D eigenvalue weighted by Gasteiger charge is -2.35. The van der Waals surface area contributed by atoms with Crippen molar-refractivity contribution in [2.45, 2.75) is 77.6 Å². The third-order valence-corrected chi connectivity index (χ3v) is 6.51. The third kappa shape index (κ3) is 7.95. The van der Waals surface area contributed by atoms with Gasteiger partial charge in [0.05, 0.1) is 0 Å². The Labute approximate surface area is 228 Å². The molecule has 5 N–H and O–H groups in total. The number of aromatic hydroxyl groups is 1. The summed E-state index contributed by atoms with van der Waals surface area (Å²) < 4.78 is 5.35. The van der Waals surface area contributed by atoms with Gasteiger partial charge < -0.3 is 31.1 Å². The van der Waals surface area contributed by atoms with Crippen LogP contribution in [0.5, 0.6) is 5.75 Å². The number of carbonyl (C=O) groups excluding carboxylic acids is 4. The summed E-state index contributed by atoms with van der Waals surface area (Å²) in [6.07, 6.45) is -0.463. The van der Waals surface area contributed by atoms with Gasteiger partial charge in [-0.15, -0.1) is 0 Å². The zero-order valence-corrected chi connectivity index (χ0v) is 23.1.